The van der Waals surface area contributed by atoms with E-state index in [1.165, 1.54) is 5.56 Å². The number of fused-ring (bicyclic) bond motifs is 1. The fourth-order valence-corrected chi connectivity index (χ4v) is 4.35. The molecule has 0 spiro atoms. The Hall–Kier alpha value is -2.59. The molecule has 2 atom stereocenters. The van der Waals surface area contributed by atoms with E-state index in [4.69, 9.17) is 9.47 Å². The fraction of sp³-hybridized carbons (Fsp3) is 0.348. The van der Waals surface area contributed by atoms with E-state index >= 15 is 0 Å². The molecule has 1 aliphatic carbocycles. The molecule has 4 rings (SSSR count). The van der Waals surface area contributed by atoms with E-state index in [9.17, 15) is 4.79 Å². The highest BCUT2D eigenvalue weighted by atomic mass is 16.5. The third kappa shape index (κ3) is 3.26. The maximum absolute atomic E-state index is 12.0. The molecule has 0 amide bonds. The summed E-state index contributed by atoms with van der Waals surface area (Å²) in [5.74, 6) is 1.68. The highest BCUT2D eigenvalue weighted by Crippen LogP contribution is 2.46. The van der Waals surface area contributed by atoms with Crippen molar-refractivity contribution in [3.05, 3.63) is 71.8 Å². The summed E-state index contributed by atoms with van der Waals surface area (Å²) in [6, 6.07) is 16.5. The molecule has 2 aromatic rings. The maximum Gasteiger partial charge on any atom is 0.161 e. The van der Waals surface area contributed by atoms with Crippen molar-refractivity contribution in [1.82, 2.24) is 4.90 Å². The van der Waals surface area contributed by atoms with Crippen LogP contribution < -0.4 is 9.47 Å². The molecule has 140 valence electrons. The Kier molecular flexibility index (Phi) is 4.75. The van der Waals surface area contributed by atoms with Gasteiger partial charge in [0.15, 0.2) is 17.3 Å². The molecule has 1 aliphatic heterocycles. The van der Waals surface area contributed by atoms with Gasteiger partial charge in [-0.3, -0.25) is 4.79 Å². The Balaban J connectivity index is 1.63. The van der Waals surface area contributed by atoms with Gasteiger partial charge in [-0.15, -0.1) is 0 Å². The molecule has 2 aliphatic rings. The average Bonchev–Trinajstić information content (AvgIpc) is 3.04. The van der Waals surface area contributed by atoms with Crippen LogP contribution in [0, 0.1) is 0 Å². The Bertz CT molecular complexity index is 861. The van der Waals surface area contributed by atoms with Gasteiger partial charge in [0.1, 0.15) is 6.61 Å². The van der Waals surface area contributed by atoms with Crippen LogP contribution in [0.2, 0.25) is 0 Å². The smallest absolute Gasteiger partial charge is 0.161 e. The number of benzene rings is 2. The van der Waals surface area contributed by atoms with Gasteiger partial charge in [-0.05, 0) is 49.3 Å². The first-order chi connectivity index (χ1) is 13.1. The number of rotatable bonds is 5. The van der Waals surface area contributed by atoms with Gasteiger partial charge < -0.3 is 14.4 Å². The molecule has 0 unspecified atom stereocenters. The van der Waals surface area contributed by atoms with Crippen molar-refractivity contribution in [1.29, 1.82) is 0 Å². The van der Waals surface area contributed by atoms with Crippen LogP contribution in [0.4, 0.5) is 0 Å². The first-order valence-electron chi connectivity index (χ1n) is 9.40. The molecule has 1 heterocycles. The van der Waals surface area contributed by atoms with E-state index < -0.39 is 0 Å². The van der Waals surface area contributed by atoms with Crippen molar-refractivity contribution in [2.45, 2.75) is 30.9 Å². The minimum Gasteiger partial charge on any atom is -0.493 e. The zero-order valence-electron chi connectivity index (χ0n) is 15.9. The zero-order valence-corrected chi connectivity index (χ0v) is 15.9. The standard InChI is InChI=1S/C23H25NO3/c1-24-13-12-23(11-10-19(25)15-22(23)24)18-8-9-20(21(14-18)26-2)27-16-17-6-4-3-5-7-17/h3-11,14,22H,12-13,15-16H2,1-2H3/t22-,23-/m0/s1. The predicted octanol–water partition coefficient (Wildman–Crippen LogP) is 3.75. The van der Waals surface area contributed by atoms with E-state index in [2.05, 4.69) is 30.2 Å². The summed E-state index contributed by atoms with van der Waals surface area (Å²) in [5, 5.41) is 0. The molecule has 4 nitrogen and oxygen atoms in total. The SMILES string of the molecule is COc1cc([C@@]23C=CC(=O)C[C@@H]2N(C)CC3)ccc1OCc1ccccc1. The van der Waals surface area contributed by atoms with Gasteiger partial charge in [0.05, 0.1) is 7.11 Å². The number of likely N-dealkylation sites (N-methyl/N-ethyl adjacent to an activating group) is 1. The van der Waals surface area contributed by atoms with Crippen molar-refractivity contribution in [2.75, 3.05) is 20.7 Å². The lowest BCUT2D eigenvalue weighted by Gasteiger charge is -2.37. The average molecular weight is 363 g/mol. The lowest BCUT2D eigenvalue weighted by Crippen LogP contribution is -2.43. The summed E-state index contributed by atoms with van der Waals surface area (Å²) in [6.45, 7) is 1.48. The number of hydrogen-bond donors (Lipinski definition) is 0. The second kappa shape index (κ2) is 7.20. The predicted molar refractivity (Wildman–Crippen MR) is 105 cm³/mol. The quantitative estimate of drug-likeness (QED) is 0.811. The molecule has 0 radical (unpaired) electrons. The van der Waals surface area contributed by atoms with Crippen LogP contribution in [0.25, 0.3) is 0 Å². The van der Waals surface area contributed by atoms with Gasteiger partial charge in [-0.25, -0.2) is 0 Å². The number of carbonyl (C=O) groups excluding carboxylic acids is 1. The molecule has 0 saturated carbocycles. The first-order valence-corrected chi connectivity index (χ1v) is 9.40. The van der Waals surface area contributed by atoms with E-state index in [1.807, 2.05) is 36.4 Å². The molecule has 2 aromatic carbocycles. The number of hydrogen-bond acceptors (Lipinski definition) is 4. The van der Waals surface area contributed by atoms with Crippen molar-refractivity contribution < 1.29 is 14.3 Å². The molecule has 0 aromatic heterocycles. The third-order valence-corrected chi connectivity index (χ3v) is 5.90. The molecule has 1 fully saturated rings. The molecule has 0 N–H and O–H groups in total. The normalized spacial score (nSPS) is 24.7. The molecule has 4 heteroatoms. The largest absolute Gasteiger partial charge is 0.493 e. The number of ketones is 1. The fourth-order valence-electron chi connectivity index (χ4n) is 4.35. The molecular weight excluding hydrogens is 338 g/mol. The molecule has 1 saturated heterocycles. The Morgan fingerprint density at radius 3 is 2.74 bits per heavy atom. The van der Waals surface area contributed by atoms with Gasteiger partial charge in [0.25, 0.3) is 0 Å². The summed E-state index contributed by atoms with van der Waals surface area (Å²) in [7, 11) is 3.78. The molecule has 0 bridgehead atoms. The summed E-state index contributed by atoms with van der Waals surface area (Å²) >= 11 is 0. The molecular formula is C23H25NO3. The first kappa shape index (κ1) is 17.8. The highest BCUT2D eigenvalue weighted by Gasteiger charge is 2.48. The summed E-state index contributed by atoms with van der Waals surface area (Å²) in [5.41, 5.74) is 2.17. The summed E-state index contributed by atoms with van der Waals surface area (Å²) < 4.78 is 11.6. The zero-order chi connectivity index (χ0) is 18.9. The van der Waals surface area contributed by atoms with Gasteiger partial charge >= 0.3 is 0 Å². The van der Waals surface area contributed by atoms with Crippen molar-refractivity contribution >= 4 is 5.78 Å². The minimum absolute atomic E-state index is 0.131. The van der Waals surface area contributed by atoms with Gasteiger partial charge in [0.2, 0.25) is 0 Å². The number of likely N-dealkylation sites (tertiary alicyclic amines) is 1. The number of allylic oxidation sites excluding steroid dienone is 1. The van der Waals surface area contributed by atoms with E-state index in [0.29, 0.717) is 13.0 Å². The van der Waals surface area contributed by atoms with Gasteiger partial charge in [0, 0.05) is 17.9 Å². The summed E-state index contributed by atoms with van der Waals surface area (Å²) in [6.07, 6.45) is 5.43. The van der Waals surface area contributed by atoms with Crippen LogP contribution in [0.3, 0.4) is 0 Å². The van der Waals surface area contributed by atoms with Crippen LogP contribution >= 0.6 is 0 Å². The minimum atomic E-state index is -0.131. The third-order valence-electron chi connectivity index (χ3n) is 5.90. The number of nitrogens with zero attached hydrogens (tertiary/aromatic N) is 1. The number of carbonyl (C=O) groups is 1. The topological polar surface area (TPSA) is 38.8 Å². The van der Waals surface area contributed by atoms with Gasteiger partial charge in [-0.1, -0.05) is 42.5 Å². The molecule has 27 heavy (non-hydrogen) atoms. The Morgan fingerprint density at radius 2 is 1.96 bits per heavy atom. The van der Waals surface area contributed by atoms with E-state index in [-0.39, 0.29) is 17.2 Å². The van der Waals surface area contributed by atoms with Crippen LogP contribution in [-0.2, 0) is 16.8 Å². The van der Waals surface area contributed by atoms with Crippen LogP contribution in [0.5, 0.6) is 11.5 Å². The number of methoxy groups -OCH3 is 1. The van der Waals surface area contributed by atoms with Crippen molar-refractivity contribution in [3.8, 4) is 11.5 Å². The van der Waals surface area contributed by atoms with E-state index in [0.717, 1.165) is 30.0 Å². The monoisotopic (exact) mass is 363 g/mol. The van der Waals surface area contributed by atoms with Crippen LogP contribution in [0.1, 0.15) is 24.0 Å². The maximum atomic E-state index is 12.0. The van der Waals surface area contributed by atoms with Crippen molar-refractivity contribution in [3.63, 3.8) is 0 Å². The second-order valence-electron chi connectivity index (χ2n) is 7.43. The summed E-state index contributed by atoms with van der Waals surface area (Å²) in [4.78, 5) is 14.3. The van der Waals surface area contributed by atoms with Gasteiger partial charge in [-0.2, -0.15) is 0 Å². The Morgan fingerprint density at radius 1 is 1.15 bits per heavy atom. The van der Waals surface area contributed by atoms with Crippen LogP contribution in [0.15, 0.2) is 60.7 Å². The number of ether oxygens (including phenoxy) is 2. The lowest BCUT2D eigenvalue weighted by molar-refractivity contribution is -0.116. The Labute approximate surface area is 160 Å². The second-order valence-corrected chi connectivity index (χ2v) is 7.43. The van der Waals surface area contributed by atoms with E-state index in [1.54, 1.807) is 13.2 Å². The lowest BCUT2D eigenvalue weighted by atomic mass is 9.69. The van der Waals surface area contributed by atoms with Crippen LogP contribution in [-0.4, -0.2) is 37.4 Å². The highest BCUT2D eigenvalue weighted by molar-refractivity contribution is 5.92. The van der Waals surface area contributed by atoms with Crippen molar-refractivity contribution in [2.24, 2.45) is 0 Å².